The standard InChI is InChI=1S/C22H20ClNO6S/c1-28-18-11-9-17(10-12-18)24(31(26,27)19-13-7-16(23)8-14-19)22(25)15-30-21-6-4-3-5-20(21)29-2/h3-14H,15H2,1-2H3. The Bertz CT molecular complexity index is 1150. The van der Waals surface area contributed by atoms with Gasteiger partial charge in [0.2, 0.25) is 0 Å². The fourth-order valence-corrected chi connectivity index (χ4v) is 4.32. The Morgan fingerprint density at radius 1 is 0.871 bits per heavy atom. The van der Waals surface area contributed by atoms with E-state index in [1.807, 2.05) is 0 Å². The minimum Gasteiger partial charge on any atom is -0.497 e. The fourth-order valence-electron chi connectivity index (χ4n) is 2.78. The van der Waals surface area contributed by atoms with Crippen molar-refractivity contribution in [1.29, 1.82) is 0 Å². The first kappa shape index (κ1) is 22.5. The first-order chi connectivity index (χ1) is 14.9. The molecule has 0 aliphatic carbocycles. The van der Waals surface area contributed by atoms with E-state index >= 15 is 0 Å². The lowest BCUT2D eigenvalue weighted by Crippen LogP contribution is -2.40. The molecule has 0 heterocycles. The van der Waals surface area contributed by atoms with Crippen LogP contribution in [0.2, 0.25) is 5.02 Å². The molecular formula is C22H20ClNO6S. The maximum Gasteiger partial charge on any atom is 0.278 e. The molecule has 0 atom stereocenters. The van der Waals surface area contributed by atoms with Crippen LogP contribution >= 0.6 is 11.6 Å². The van der Waals surface area contributed by atoms with E-state index in [1.54, 1.807) is 36.4 Å². The maximum atomic E-state index is 13.3. The molecule has 31 heavy (non-hydrogen) atoms. The van der Waals surface area contributed by atoms with Gasteiger partial charge in [0.1, 0.15) is 5.75 Å². The molecule has 0 radical (unpaired) electrons. The highest BCUT2D eigenvalue weighted by atomic mass is 35.5. The van der Waals surface area contributed by atoms with Crippen molar-refractivity contribution in [2.24, 2.45) is 0 Å². The SMILES string of the molecule is COc1ccc(N(C(=O)COc2ccccc2OC)S(=O)(=O)c2ccc(Cl)cc2)cc1. The molecule has 0 fully saturated rings. The summed E-state index contributed by atoms with van der Waals surface area (Å²) in [5.41, 5.74) is 0.143. The summed E-state index contributed by atoms with van der Waals surface area (Å²) in [6.45, 7) is -0.529. The Morgan fingerprint density at radius 3 is 2.06 bits per heavy atom. The fraction of sp³-hybridized carbons (Fsp3) is 0.136. The largest absolute Gasteiger partial charge is 0.497 e. The summed E-state index contributed by atoms with van der Waals surface area (Å²) in [7, 11) is -1.28. The van der Waals surface area contributed by atoms with Gasteiger partial charge in [0.25, 0.3) is 15.9 Å². The number of carbonyl (C=O) groups is 1. The molecule has 0 N–H and O–H groups in total. The molecule has 1 amide bonds. The molecule has 0 aliphatic rings. The third-order valence-corrected chi connectivity index (χ3v) is 6.32. The van der Waals surface area contributed by atoms with Crippen LogP contribution in [0.1, 0.15) is 0 Å². The monoisotopic (exact) mass is 461 g/mol. The second-order valence-electron chi connectivity index (χ2n) is 6.25. The summed E-state index contributed by atoms with van der Waals surface area (Å²) in [6, 6.07) is 18.4. The summed E-state index contributed by atoms with van der Waals surface area (Å²) >= 11 is 5.88. The number of carbonyl (C=O) groups excluding carboxylic acids is 1. The highest BCUT2D eigenvalue weighted by Crippen LogP contribution is 2.29. The van der Waals surface area contributed by atoms with Crippen molar-refractivity contribution < 1.29 is 27.4 Å². The van der Waals surface area contributed by atoms with Gasteiger partial charge in [0, 0.05) is 5.02 Å². The maximum absolute atomic E-state index is 13.3. The number of rotatable bonds is 8. The zero-order chi connectivity index (χ0) is 22.4. The molecule has 162 valence electrons. The van der Waals surface area contributed by atoms with Crippen LogP contribution in [0.25, 0.3) is 0 Å². The molecule has 0 bridgehead atoms. The van der Waals surface area contributed by atoms with E-state index in [2.05, 4.69) is 0 Å². The molecule has 0 saturated heterocycles. The van der Waals surface area contributed by atoms with Gasteiger partial charge in [-0.1, -0.05) is 23.7 Å². The number of nitrogens with zero attached hydrogens (tertiary/aromatic N) is 1. The van der Waals surface area contributed by atoms with E-state index in [1.165, 1.54) is 50.6 Å². The Balaban J connectivity index is 1.96. The van der Waals surface area contributed by atoms with Crippen molar-refractivity contribution in [2.45, 2.75) is 4.90 Å². The zero-order valence-electron chi connectivity index (χ0n) is 16.8. The third-order valence-electron chi connectivity index (χ3n) is 4.31. The van der Waals surface area contributed by atoms with Gasteiger partial charge in [-0.2, -0.15) is 4.31 Å². The van der Waals surface area contributed by atoms with Gasteiger partial charge in [-0.25, -0.2) is 8.42 Å². The van der Waals surface area contributed by atoms with E-state index in [9.17, 15) is 13.2 Å². The van der Waals surface area contributed by atoms with Gasteiger partial charge in [0.05, 0.1) is 24.8 Å². The number of anilines is 1. The van der Waals surface area contributed by atoms with Gasteiger partial charge >= 0.3 is 0 Å². The van der Waals surface area contributed by atoms with Crippen molar-refractivity contribution in [3.8, 4) is 17.2 Å². The smallest absolute Gasteiger partial charge is 0.278 e. The summed E-state index contributed by atoms with van der Waals surface area (Å²) in [5.74, 6) is 0.472. The molecule has 0 aromatic heterocycles. The number of methoxy groups -OCH3 is 2. The molecule has 3 aromatic rings. The molecule has 3 aromatic carbocycles. The summed E-state index contributed by atoms with van der Waals surface area (Å²) < 4.78 is 43.2. The highest BCUT2D eigenvalue weighted by Gasteiger charge is 2.31. The van der Waals surface area contributed by atoms with Crippen LogP contribution in [0.3, 0.4) is 0 Å². The molecule has 9 heteroatoms. The molecule has 0 saturated carbocycles. The number of halogens is 1. The van der Waals surface area contributed by atoms with E-state index in [-0.39, 0.29) is 10.6 Å². The lowest BCUT2D eigenvalue weighted by molar-refractivity contribution is -0.119. The van der Waals surface area contributed by atoms with Crippen molar-refractivity contribution in [3.63, 3.8) is 0 Å². The molecular weight excluding hydrogens is 442 g/mol. The predicted octanol–water partition coefficient (Wildman–Crippen LogP) is 4.16. The van der Waals surface area contributed by atoms with E-state index < -0.39 is 22.5 Å². The second-order valence-corrected chi connectivity index (χ2v) is 8.48. The minimum atomic E-state index is -4.24. The van der Waals surface area contributed by atoms with Crippen LogP contribution in [0, 0.1) is 0 Å². The number of para-hydroxylation sites is 2. The number of benzene rings is 3. The van der Waals surface area contributed by atoms with E-state index in [0.717, 1.165) is 0 Å². The number of sulfonamides is 1. The number of hydrogen-bond acceptors (Lipinski definition) is 6. The van der Waals surface area contributed by atoms with Gasteiger partial charge in [-0.05, 0) is 60.7 Å². The quantitative estimate of drug-likeness (QED) is 0.501. The lowest BCUT2D eigenvalue weighted by Gasteiger charge is -2.23. The van der Waals surface area contributed by atoms with Crippen molar-refractivity contribution in [3.05, 3.63) is 77.8 Å². The van der Waals surface area contributed by atoms with Crippen molar-refractivity contribution >= 4 is 33.2 Å². The van der Waals surface area contributed by atoms with E-state index in [0.29, 0.717) is 26.6 Å². The predicted molar refractivity (Wildman–Crippen MR) is 118 cm³/mol. The first-order valence-corrected chi connectivity index (χ1v) is 10.9. The minimum absolute atomic E-state index is 0.0849. The molecule has 3 rings (SSSR count). The van der Waals surface area contributed by atoms with Crippen molar-refractivity contribution in [1.82, 2.24) is 0 Å². The van der Waals surface area contributed by atoms with Gasteiger partial charge in [-0.3, -0.25) is 4.79 Å². The van der Waals surface area contributed by atoms with Crippen LogP contribution in [-0.4, -0.2) is 35.2 Å². The van der Waals surface area contributed by atoms with Crippen LogP contribution in [0.5, 0.6) is 17.2 Å². The normalized spacial score (nSPS) is 10.9. The number of amides is 1. The Morgan fingerprint density at radius 2 is 1.48 bits per heavy atom. The molecule has 0 unspecified atom stereocenters. The molecule has 0 aliphatic heterocycles. The van der Waals surface area contributed by atoms with Crippen LogP contribution in [0.4, 0.5) is 5.69 Å². The van der Waals surface area contributed by atoms with Gasteiger partial charge < -0.3 is 14.2 Å². The zero-order valence-corrected chi connectivity index (χ0v) is 18.4. The third kappa shape index (κ3) is 5.10. The second kappa shape index (κ2) is 9.72. The van der Waals surface area contributed by atoms with Gasteiger partial charge in [0.15, 0.2) is 18.1 Å². The van der Waals surface area contributed by atoms with Crippen LogP contribution < -0.4 is 18.5 Å². The van der Waals surface area contributed by atoms with Crippen LogP contribution in [-0.2, 0) is 14.8 Å². The molecule has 0 spiro atoms. The number of hydrogen-bond donors (Lipinski definition) is 0. The number of ether oxygens (including phenoxy) is 3. The topological polar surface area (TPSA) is 82.1 Å². The van der Waals surface area contributed by atoms with Crippen molar-refractivity contribution in [2.75, 3.05) is 25.1 Å². The Labute approximate surface area is 185 Å². The Hall–Kier alpha value is -3.23. The molecule has 7 nitrogen and oxygen atoms in total. The first-order valence-electron chi connectivity index (χ1n) is 9.10. The Kier molecular flexibility index (Phi) is 7.04. The average Bonchev–Trinajstić information content (AvgIpc) is 2.78. The average molecular weight is 462 g/mol. The van der Waals surface area contributed by atoms with Crippen LogP contribution in [0.15, 0.2) is 77.7 Å². The summed E-state index contributed by atoms with van der Waals surface area (Å²) in [6.07, 6.45) is 0. The van der Waals surface area contributed by atoms with Gasteiger partial charge in [-0.15, -0.1) is 0 Å². The summed E-state index contributed by atoms with van der Waals surface area (Å²) in [5, 5.41) is 0.376. The van der Waals surface area contributed by atoms with E-state index in [4.69, 9.17) is 25.8 Å². The highest BCUT2D eigenvalue weighted by molar-refractivity contribution is 7.93. The summed E-state index contributed by atoms with van der Waals surface area (Å²) in [4.78, 5) is 13.0. The lowest BCUT2D eigenvalue weighted by atomic mass is 10.3.